The fraction of sp³-hybridized carbons (Fsp3) is 0.476. The lowest BCUT2D eigenvalue weighted by Gasteiger charge is -2.37. The number of benzene rings is 2. The summed E-state index contributed by atoms with van der Waals surface area (Å²) in [5.41, 5.74) is 14.4. The molecule has 2 fully saturated rings. The second kappa shape index (κ2) is 7.35. The van der Waals surface area contributed by atoms with Crippen LogP contribution in [-0.2, 0) is 4.79 Å². The quantitative estimate of drug-likeness (QED) is 0.790. The van der Waals surface area contributed by atoms with Gasteiger partial charge in [0.2, 0.25) is 5.91 Å². The molecular formula is C21H28N4O. The fourth-order valence-electron chi connectivity index (χ4n) is 4.50. The Morgan fingerprint density at radius 3 is 2.88 bits per heavy atom. The van der Waals surface area contributed by atoms with Crippen molar-refractivity contribution in [2.75, 3.05) is 13.1 Å². The van der Waals surface area contributed by atoms with E-state index in [-0.39, 0.29) is 18.0 Å². The van der Waals surface area contributed by atoms with E-state index in [1.165, 1.54) is 16.3 Å². The number of hydrazine groups is 1. The highest BCUT2D eigenvalue weighted by Crippen LogP contribution is 2.36. The fourth-order valence-corrected chi connectivity index (χ4v) is 4.50. The van der Waals surface area contributed by atoms with Crippen molar-refractivity contribution in [2.45, 2.75) is 44.3 Å². The minimum absolute atomic E-state index is 0.105. The number of nitrogens with one attached hydrogen (secondary N) is 2. The molecule has 2 saturated heterocycles. The Hall–Kier alpha value is -1.95. The minimum atomic E-state index is -0.366. The first-order valence-electron chi connectivity index (χ1n) is 9.72. The lowest BCUT2D eigenvalue weighted by molar-refractivity contribution is -0.134. The van der Waals surface area contributed by atoms with Crippen LogP contribution in [0, 0.1) is 5.92 Å². The minimum Gasteiger partial charge on any atom is -0.341 e. The number of rotatable bonds is 4. The largest absolute Gasteiger partial charge is 0.341 e. The highest BCUT2D eigenvalue weighted by molar-refractivity contribution is 5.86. The molecule has 5 heteroatoms. The van der Waals surface area contributed by atoms with E-state index in [4.69, 9.17) is 5.73 Å². The molecule has 2 aliphatic heterocycles. The summed E-state index contributed by atoms with van der Waals surface area (Å²) in [5.74, 6) is 0.459. The number of amides is 1. The zero-order valence-corrected chi connectivity index (χ0v) is 15.3. The lowest BCUT2D eigenvalue weighted by atomic mass is 9.83. The predicted octanol–water partition coefficient (Wildman–Crippen LogP) is 2.33. The average Bonchev–Trinajstić information content (AvgIpc) is 3.10. The highest BCUT2D eigenvalue weighted by atomic mass is 16.2. The van der Waals surface area contributed by atoms with Gasteiger partial charge in [0.1, 0.15) is 0 Å². The van der Waals surface area contributed by atoms with Crippen LogP contribution >= 0.6 is 0 Å². The molecule has 138 valence electrons. The highest BCUT2D eigenvalue weighted by Gasteiger charge is 2.42. The van der Waals surface area contributed by atoms with Gasteiger partial charge in [-0.05, 0) is 29.2 Å². The van der Waals surface area contributed by atoms with Crippen LogP contribution in [0.5, 0.6) is 0 Å². The second-order valence-corrected chi connectivity index (χ2v) is 7.57. The van der Waals surface area contributed by atoms with Crippen molar-refractivity contribution in [1.29, 1.82) is 0 Å². The molecule has 1 amide bonds. The number of carbonyl (C=O) groups is 1. The van der Waals surface area contributed by atoms with E-state index < -0.39 is 0 Å². The number of nitrogens with two attached hydrogens (primary N) is 1. The number of hydrogen-bond donors (Lipinski definition) is 3. The molecule has 4 rings (SSSR count). The monoisotopic (exact) mass is 352 g/mol. The van der Waals surface area contributed by atoms with Gasteiger partial charge >= 0.3 is 0 Å². The number of piperidine rings is 1. The SMILES string of the molecule is CCC[C@@H](N)C(=O)N1CCC2NNC(c3cccc4ccccc34)C2C1. The predicted molar refractivity (Wildman–Crippen MR) is 104 cm³/mol. The van der Waals surface area contributed by atoms with Crippen molar-refractivity contribution in [2.24, 2.45) is 11.7 Å². The molecule has 0 spiro atoms. The van der Waals surface area contributed by atoms with Gasteiger partial charge in [-0.25, -0.2) is 5.43 Å². The molecule has 2 heterocycles. The van der Waals surface area contributed by atoms with Crippen LogP contribution in [0.4, 0.5) is 0 Å². The summed E-state index contributed by atoms with van der Waals surface area (Å²) in [6.07, 6.45) is 2.66. The first-order chi connectivity index (χ1) is 12.7. The van der Waals surface area contributed by atoms with Crippen LogP contribution in [0.25, 0.3) is 10.8 Å². The van der Waals surface area contributed by atoms with Crippen LogP contribution in [0.2, 0.25) is 0 Å². The van der Waals surface area contributed by atoms with Gasteiger partial charge in [-0.3, -0.25) is 10.2 Å². The van der Waals surface area contributed by atoms with E-state index >= 15 is 0 Å². The Morgan fingerprint density at radius 2 is 2.04 bits per heavy atom. The Kier molecular flexibility index (Phi) is 4.94. The maximum Gasteiger partial charge on any atom is 0.239 e. The van der Waals surface area contributed by atoms with Gasteiger partial charge in [0.25, 0.3) is 0 Å². The zero-order chi connectivity index (χ0) is 18.1. The Balaban J connectivity index is 1.58. The van der Waals surface area contributed by atoms with Gasteiger partial charge in [-0.15, -0.1) is 0 Å². The number of likely N-dealkylation sites (tertiary alicyclic amines) is 1. The van der Waals surface area contributed by atoms with Crippen molar-refractivity contribution < 1.29 is 4.79 Å². The van der Waals surface area contributed by atoms with Crippen LogP contribution in [-0.4, -0.2) is 36.0 Å². The maximum atomic E-state index is 12.7. The van der Waals surface area contributed by atoms with Crippen LogP contribution in [0.3, 0.4) is 0 Å². The zero-order valence-electron chi connectivity index (χ0n) is 15.3. The molecule has 2 aliphatic rings. The average molecular weight is 352 g/mol. The first-order valence-corrected chi connectivity index (χ1v) is 9.72. The molecule has 0 aromatic heterocycles. The third-order valence-corrected chi connectivity index (χ3v) is 5.90. The van der Waals surface area contributed by atoms with E-state index in [1.54, 1.807) is 0 Å². The molecule has 0 saturated carbocycles. The van der Waals surface area contributed by atoms with Gasteiger partial charge in [0.05, 0.1) is 12.1 Å². The van der Waals surface area contributed by atoms with Gasteiger partial charge < -0.3 is 10.6 Å². The number of carbonyl (C=O) groups excluding carboxylic acids is 1. The smallest absolute Gasteiger partial charge is 0.239 e. The third kappa shape index (κ3) is 3.11. The van der Waals surface area contributed by atoms with Crippen molar-refractivity contribution >= 4 is 16.7 Å². The molecule has 4 N–H and O–H groups in total. The summed E-state index contributed by atoms with van der Waals surface area (Å²) in [4.78, 5) is 14.7. The van der Waals surface area contributed by atoms with Crippen LogP contribution < -0.4 is 16.6 Å². The van der Waals surface area contributed by atoms with Crippen LogP contribution in [0.1, 0.15) is 37.8 Å². The van der Waals surface area contributed by atoms with Gasteiger partial charge in [-0.1, -0.05) is 55.8 Å². The van der Waals surface area contributed by atoms with Gasteiger partial charge in [0, 0.05) is 25.0 Å². The van der Waals surface area contributed by atoms with E-state index in [1.807, 2.05) is 4.90 Å². The summed E-state index contributed by atoms with van der Waals surface area (Å²) in [6, 6.07) is 15.2. The molecule has 3 unspecified atom stereocenters. The summed E-state index contributed by atoms with van der Waals surface area (Å²) in [6.45, 7) is 3.61. The molecule has 5 nitrogen and oxygen atoms in total. The lowest BCUT2D eigenvalue weighted by Crippen LogP contribution is -2.52. The summed E-state index contributed by atoms with van der Waals surface area (Å²) >= 11 is 0. The molecular weight excluding hydrogens is 324 g/mol. The molecule has 0 bridgehead atoms. The second-order valence-electron chi connectivity index (χ2n) is 7.57. The number of fused-ring (bicyclic) bond motifs is 2. The van der Waals surface area contributed by atoms with Crippen LogP contribution in [0.15, 0.2) is 42.5 Å². The van der Waals surface area contributed by atoms with E-state index in [2.05, 4.69) is 60.2 Å². The summed E-state index contributed by atoms with van der Waals surface area (Å²) in [7, 11) is 0. The number of hydrogen-bond acceptors (Lipinski definition) is 4. The Bertz CT molecular complexity index is 787. The molecule has 4 atom stereocenters. The number of nitrogens with zero attached hydrogens (tertiary/aromatic N) is 1. The van der Waals surface area contributed by atoms with Gasteiger partial charge in [-0.2, -0.15) is 0 Å². The first kappa shape index (κ1) is 17.5. The molecule has 2 aromatic carbocycles. The van der Waals surface area contributed by atoms with Crippen molar-refractivity contribution in [3.05, 3.63) is 48.0 Å². The normalized spacial score (nSPS) is 26.7. The standard InChI is InChI=1S/C21H28N4O/c1-2-6-18(22)21(26)25-12-11-19-17(13-25)20(24-23-19)16-10-5-8-14-7-3-4-9-15(14)16/h3-5,7-10,17-20,23-24H,2,6,11-13,22H2,1H3/t17?,18-,19?,20?/m1/s1. The van der Waals surface area contributed by atoms with Crippen molar-refractivity contribution in [3.63, 3.8) is 0 Å². The van der Waals surface area contributed by atoms with Gasteiger partial charge in [0.15, 0.2) is 0 Å². The molecule has 0 radical (unpaired) electrons. The van der Waals surface area contributed by atoms with Crippen molar-refractivity contribution in [1.82, 2.24) is 15.8 Å². The van der Waals surface area contributed by atoms with E-state index in [0.717, 1.165) is 32.4 Å². The third-order valence-electron chi connectivity index (χ3n) is 5.90. The molecule has 26 heavy (non-hydrogen) atoms. The summed E-state index contributed by atoms with van der Waals surface area (Å²) in [5, 5.41) is 2.53. The Morgan fingerprint density at radius 1 is 1.23 bits per heavy atom. The maximum absolute atomic E-state index is 12.7. The summed E-state index contributed by atoms with van der Waals surface area (Å²) < 4.78 is 0. The van der Waals surface area contributed by atoms with E-state index in [9.17, 15) is 4.79 Å². The molecule has 2 aromatic rings. The topological polar surface area (TPSA) is 70.4 Å². The van der Waals surface area contributed by atoms with E-state index in [0.29, 0.717) is 12.0 Å². The molecule has 0 aliphatic carbocycles. The Labute approximate surface area is 154 Å². The van der Waals surface area contributed by atoms with Crippen molar-refractivity contribution in [3.8, 4) is 0 Å².